The number of benzene rings is 1. The second-order valence-corrected chi connectivity index (χ2v) is 6.08. The maximum atomic E-state index is 6.33. The van der Waals surface area contributed by atoms with Crippen molar-refractivity contribution in [2.45, 2.75) is 39.5 Å². The van der Waals surface area contributed by atoms with Gasteiger partial charge in [0.05, 0.1) is 0 Å². The van der Waals surface area contributed by atoms with Crippen molar-refractivity contribution >= 4 is 11.6 Å². The van der Waals surface area contributed by atoms with Crippen molar-refractivity contribution in [2.24, 2.45) is 5.92 Å². The molecule has 0 aliphatic rings. The van der Waals surface area contributed by atoms with Crippen LogP contribution in [0.2, 0.25) is 5.02 Å². The second kappa shape index (κ2) is 10.2. The Hall–Kier alpha value is -0.570. The third kappa shape index (κ3) is 6.74. The highest BCUT2D eigenvalue weighted by Gasteiger charge is 2.14. The highest BCUT2D eigenvalue weighted by atomic mass is 35.5. The largest absolute Gasteiger partial charge is 0.381 e. The van der Waals surface area contributed by atoms with Crippen molar-refractivity contribution < 1.29 is 4.74 Å². The summed E-state index contributed by atoms with van der Waals surface area (Å²) in [6.45, 7) is 10.2. The van der Waals surface area contributed by atoms with E-state index >= 15 is 0 Å². The van der Waals surface area contributed by atoms with Crippen LogP contribution in [-0.2, 0) is 4.74 Å². The molecule has 0 amide bonds. The minimum atomic E-state index is 0.416. The predicted octanol–water partition coefficient (Wildman–Crippen LogP) is 4.49. The Morgan fingerprint density at radius 2 is 1.90 bits per heavy atom. The Balaban J connectivity index is 2.56. The van der Waals surface area contributed by atoms with Gasteiger partial charge in [0.25, 0.3) is 0 Å². The number of nitrogens with one attached hydrogen (secondary N) is 1. The summed E-state index contributed by atoms with van der Waals surface area (Å²) in [5.41, 5.74) is 1.23. The second-order valence-electron chi connectivity index (χ2n) is 5.67. The molecule has 0 aliphatic carbocycles. The molecule has 2 nitrogen and oxygen atoms in total. The number of halogens is 1. The molecule has 114 valence electrons. The van der Waals surface area contributed by atoms with E-state index in [-0.39, 0.29) is 0 Å². The van der Waals surface area contributed by atoms with Crippen LogP contribution in [0.3, 0.4) is 0 Å². The first kappa shape index (κ1) is 17.5. The van der Waals surface area contributed by atoms with E-state index in [9.17, 15) is 0 Å². The predicted molar refractivity (Wildman–Crippen MR) is 87.6 cm³/mol. The van der Waals surface area contributed by atoms with Crippen molar-refractivity contribution in [1.29, 1.82) is 0 Å². The lowest BCUT2D eigenvalue weighted by Gasteiger charge is -2.20. The normalized spacial score (nSPS) is 12.8. The van der Waals surface area contributed by atoms with E-state index in [1.807, 2.05) is 12.1 Å². The highest BCUT2D eigenvalue weighted by Crippen LogP contribution is 2.26. The minimum Gasteiger partial charge on any atom is -0.381 e. The molecule has 0 fully saturated rings. The topological polar surface area (TPSA) is 21.3 Å². The standard InChI is InChI=1S/C17H28ClNO/c1-4-10-20-11-9-15(13-19-12-14(2)3)16-7-5-6-8-17(16)18/h5-8,14-15,19H,4,9-13H2,1-3H3. The van der Waals surface area contributed by atoms with Gasteiger partial charge < -0.3 is 10.1 Å². The molecule has 1 N–H and O–H groups in total. The number of ether oxygens (including phenoxy) is 1. The molecule has 1 unspecified atom stereocenters. The quantitative estimate of drug-likeness (QED) is 0.643. The molecular weight excluding hydrogens is 270 g/mol. The summed E-state index contributed by atoms with van der Waals surface area (Å²) < 4.78 is 5.63. The lowest BCUT2D eigenvalue weighted by molar-refractivity contribution is 0.127. The van der Waals surface area contributed by atoms with Crippen molar-refractivity contribution in [1.82, 2.24) is 5.32 Å². The Bertz CT molecular complexity index is 368. The smallest absolute Gasteiger partial charge is 0.0472 e. The van der Waals surface area contributed by atoms with Gasteiger partial charge in [0.15, 0.2) is 0 Å². The molecule has 0 saturated heterocycles. The van der Waals surface area contributed by atoms with E-state index in [1.54, 1.807) is 0 Å². The maximum absolute atomic E-state index is 6.33. The fourth-order valence-corrected chi connectivity index (χ4v) is 2.48. The van der Waals surface area contributed by atoms with Crippen LogP contribution in [0.5, 0.6) is 0 Å². The van der Waals surface area contributed by atoms with Crippen LogP contribution in [0.15, 0.2) is 24.3 Å². The van der Waals surface area contributed by atoms with Gasteiger partial charge in [-0.3, -0.25) is 0 Å². The van der Waals surface area contributed by atoms with Gasteiger partial charge in [-0.2, -0.15) is 0 Å². The van der Waals surface area contributed by atoms with Crippen molar-refractivity contribution in [2.75, 3.05) is 26.3 Å². The van der Waals surface area contributed by atoms with Crippen LogP contribution >= 0.6 is 11.6 Å². The van der Waals surface area contributed by atoms with Gasteiger partial charge in [0.1, 0.15) is 0 Å². The highest BCUT2D eigenvalue weighted by molar-refractivity contribution is 6.31. The fraction of sp³-hybridized carbons (Fsp3) is 0.647. The molecule has 0 aromatic heterocycles. The number of hydrogen-bond donors (Lipinski definition) is 1. The van der Waals surface area contributed by atoms with Gasteiger partial charge in [-0.05, 0) is 42.9 Å². The van der Waals surface area contributed by atoms with E-state index in [4.69, 9.17) is 16.3 Å². The Morgan fingerprint density at radius 3 is 2.55 bits per heavy atom. The molecule has 1 rings (SSSR count). The van der Waals surface area contributed by atoms with E-state index < -0.39 is 0 Å². The van der Waals surface area contributed by atoms with Crippen LogP contribution in [0.1, 0.15) is 45.1 Å². The van der Waals surface area contributed by atoms with Crippen LogP contribution in [0.25, 0.3) is 0 Å². The summed E-state index contributed by atoms with van der Waals surface area (Å²) >= 11 is 6.33. The SMILES string of the molecule is CCCOCCC(CNCC(C)C)c1ccccc1Cl. The maximum Gasteiger partial charge on any atom is 0.0472 e. The first-order valence-corrected chi connectivity index (χ1v) is 8.05. The molecule has 1 aromatic rings. The van der Waals surface area contributed by atoms with E-state index in [1.165, 1.54) is 5.56 Å². The van der Waals surface area contributed by atoms with Gasteiger partial charge in [-0.15, -0.1) is 0 Å². The molecule has 0 radical (unpaired) electrons. The van der Waals surface area contributed by atoms with E-state index in [0.717, 1.165) is 44.2 Å². The molecule has 1 atom stereocenters. The summed E-state index contributed by atoms with van der Waals surface area (Å²) in [4.78, 5) is 0. The van der Waals surface area contributed by atoms with Crippen molar-refractivity contribution in [3.63, 3.8) is 0 Å². The molecule has 0 spiro atoms. The van der Waals surface area contributed by atoms with Gasteiger partial charge in [-0.1, -0.05) is 50.6 Å². The lowest BCUT2D eigenvalue weighted by Crippen LogP contribution is -2.26. The number of hydrogen-bond acceptors (Lipinski definition) is 2. The van der Waals surface area contributed by atoms with Crippen molar-refractivity contribution in [3.8, 4) is 0 Å². The summed E-state index contributed by atoms with van der Waals surface area (Å²) in [6.07, 6.45) is 2.08. The molecular formula is C17H28ClNO. The van der Waals surface area contributed by atoms with E-state index in [2.05, 4.69) is 38.2 Å². The van der Waals surface area contributed by atoms with Crippen LogP contribution in [0, 0.1) is 5.92 Å². The molecule has 20 heavy (non-hydrogen) atoms. The fourth-order valence-electron chi connectivity index (χ4n) is 2.19. The zero-order chi connectivity index (χ0) is 14.8. The summed E-state index contributed by atoms with van der Waals surface area (Å²) in [5, 5.41) is 4.40. The van der Waals surface area contributed by atoms with Crippen LogP contribution in [-0.4, -0.2) is 26.3 Å². The minimum absolute atomic E-state index is 0.416. The Kier molecular flexibility index (Phi) is 8.92. The molecule has 3 heteroatoms. The van der Waals surface area contributed by atoms with E-state index in [0.29, 0.717) is 11.8 Å². The zero-order valence-electron chi connectivity index (χ0n) is 13.0. The molecule has 0 saturated carbocycles. The average Bonchev–Trinajstić information content (AvgIpc) is 2.42. The third-order valence-corrected chi connectivity index (χ3v) is 3.59. The van der Waals surface area contributed by atoms with Crippen LogP contribution in [0.4, 0.5) is 0 Å². The summed E-state index contributed by atoms with van der Waals surface area (Å²) in [5.74, 6) is 1.08. The average molecular weight is 298 g/mol. The molecule has 0 bridgehead atoms. The molecule has 0 heterocycles. The van der Waals surface area contributed by atoms with Gasteiger partial charge in [0.2, 0.25) is 0 Å². The van der Waals surface area contributed by atoms with Gasteiger partial charge >= 0.3 is 0 Å². The first-order valence-electron chi connectivity index (χ1n) is 7.68. The number of rotatable bonds is 10. The molecule has 0 aliphatic heterocycles. The summed E-state index contributed by atoms with van der Waals surface area (Å²) in [7, 11) is 0. The first-order chi connectivity index (χ1) is 9.65. The third-order valence-electron chi connectivity index (χ3n) is 3.25. The zero-order valence-corrected chi connectivity index (χ0v) is 13.7. The monoisotopic (exact) mass is 297 g/mol. The van der Waals surface area contributed by atoms with Crippen LogP contribution < -0.4 is 5.32 Å². The Morgan fingerprint density at radius 1 is 1.15 bits per heavy atom. The molecule has 1 aromatic carbocycles. The lowest BCUT2D eigenvalue weighted by atomic mass is 9.95. The Labute approximate surface area is 128 Å². The van der Waals surface area contributed by atoms with Crippen molar-refractivity contribution in [3.05, 3.63) is 34.9 Å². The summed E-state index contributed by atoms with van der Waals surface area (Å²) in [6, 6.07) is 8.14. The van der Waals surface area contributed by atoms with Gasteiger partial charge in [-0.25, -0.2) is 0 Å². The van der Waals surface area contributed by atoms with Gasteiger partial charge in [0, 0.05) is 24.8 Å².